The Kier molecular flexibility index (Phi) is 5.01. The van der Waals surface area contributed by atoms with Gasteiger partial charge in [-0.05, 0) is 31.0 Å². The minimum Gasteiger partial charge on any atom is -0.352 e. The van der Waals surface area contributed by atoms with Gasteiger partial charge in [0.2, 0.25) is 0 Å². The topological polar surface area (TPSA) is 70.2 Å². The summed E-state index contributed by atoms with van der Waals surface area (Å²) in [7, 11) is 0. The maximum absolute atomic E-state index is 12.4. The van der Waals surface area contributed by atoms with Crippen molar-refractivity contribution in [2.45, 2.75) is 26.3 Å². The summed E-state index contributed by atoms with van der Waals surface area (Å²) in [6, 6.07) is 6.82. The Morgan fingerprint density at radius 1 is 1.33 bits per heavy atom. The van der Waals surface area contributed by atoms with Crippen molar-refractivity contribution >= 4 is 27.9 Å². The van der Waals surface area contributed by atoms with Crippen molar-refractivity contribution in [2.75, 3.05) is 6.54 Å². The number of nitrogens with one attached hydrogen (secondary N) is 3. The number of urea groups is 1. The van der Waals surface area contributed by atoms with Crippen molar-refractivity contribution in [3.8, 4) is 0 Å². The second-order valence-corrected chi connectivity index (χ2v) is 5.79. The highest BCUT2D eigenvalue weighted by Crippen LogP contribution is 2.27. The lowest BCUT2D eigenvalue weighted by molar-refractivity contribution is -0.117. The van der Waals surface area contributed by atoms with E-state index < -0.39 is 6.04 Å². The van der Waals surface area contributed by atoms with E-state index in [1.54, 1.807) is 6.92 Å². The fourth-order valence-corrected chi connectivity index (χ4v) is 2.50. The van der Waals surface area contributed by atoms with Gasteiger partial charge in [-0.1, -0.05) is 35.0 Å². The van der Waals surface area contributed by atoms with E-state index in [1.165, 1.54) is 0 Å². The lowest BCUT2D eigenvalue weighted by Gasteiger charge is -2.28. The van der Waals surface area contributed by atoms with E-state index in [2.05, 4.69) is 31.9 Å². The molecule has 3 amide bonds. The SMILES string of the molecule is CCCNC(=O)C1=C(C)NC(=O)NC1c1ccc(Br)cc1. The summed E-state index contributed by atoms with van der Waals surface area (Å²) in [5.41, 5.74) is 2.00. The molecule has 5 nitrogen and oxygen atoms in total. The van der Waals surface area contributed by atoms with E-state index in [1.807, 2.05) is 31.2 Å². The molecule has 0 aromatic heterocycles. The molecule has 0 radical (unpaired) electrons. The van der Waals surface area contributed by atoms with Gasteiger partial charge in [-0.2, -0.15) is 0 Å². The van der Waals surface area contributed by atoms with E-state index in [-0.39, 0.29) is 11.9 Å². The van der Waals surface area contributed by atoms with Crippen LogP contribution >= 0.6 is 15.9 Å². The van der Waals surface area contributed by atoms with Crippen LogP contribution in [-0.2, 0) is 4.79 Å². The smallest absolute Gasteiger partial charge is 0.319 e. The Labute approximate surface area is 132 Å². The average molecular weight is 352 g/mol. The predicted molar refractivity (Wildman–Crippen MR) is 84.6 cm³/mol. The van der Waals surface area contributed by atoms with Gasteiger partial charge in [0.15, 0.2) is 0 Å². The van der Waals surface area contributed by atoms with E-state index in [0.717, 1.165) is 16.5 Å². The maximum Gasteiger partial charge on any atom is 0.319 e. The number of benzene rings is 1. The highest BCUT2D eigenvalue weighted by atomic mass is 79.9. The molecule has 3 N–H and O–H groups in total. The van der Waals surface area contributed by atoms with Crippen LogP contribution in [0.3, 0.4) is 0 Å². The first-order valence-electron chi connectivity index (χ1n) is 6.85. The third-order valence-corrected chi connectivity index (χ3v) is 3.78. The third-order valence-electron chi connectivity index (χ3n) is 3.25. The van der Waals surface area contributed by atoms with E-state index in [0.29, 0.717) is 17.8 Å². The minimum atomic E-state index is -0.441. The van der Waals surface area contributed by atoms with Gasteiger partial charge in [-0.15, -0.1) is 0 Å². The summed E-state index contributed by atoms with van der Waals surface area (Å²) in [5, 5.41) is 8.32. The van der Waals surface area contributed by atoms with Crippen molar-refractivity contribution in [1.82, 2.24) is 16.0 Å². The molecule has 1 unspecified atom stereocenters. The van der Waals surface area contributed by atoms with Crippen molar-refractivity contribution in [3.05, 3.63) is 45.6 Å². The normalized spacial score (nSPS) is 18.0. The van der Waals surface area contributed by atoms with Gasteiger partial charge in [0.05, 0.1) is 11.6 Å². The highest BCUT2D eigenvalue weighted by molar-refractivity contribution is 9.10. The van der Waals surface area contributed by atoms with Crippen LogP contribution in [0.15, 0.2) is 40.0 Å². The second kappa shape index (κ2) is 6.76. The molecule has 1 heterocycles. The summed E-state index contributed by atoms with van der Waals surface area (Å²) in [6.07, 6.45) is 0.862. The molecule has 0 aliphatic carbocycles. The van der Waals surface area contributed by atoms with Gasteiger partial charge in [-0.3, -0.25) is 4.79 Å². The number of rotatable bonds is 4. The summed E-state index contributed by atoms with van der Waals surface area (Å²) >= 11 is 3.38. The molecule has 112 valence electrons. The average Bonchev–Trinajstić information content (AvgIpc) is 2.44. The molecule has 0 fully saturated rings. The van der Waals surface area contributed by atoms with Gasteiger partial charge in [0.1, 0.15) is 0 Å². The van der Waals surface area contributed by atoms with Crippen LogP contribution in [0.25, 0.3) is 0 Å². The number of halogens is 1. The largest absolute Gasteiger partial charge is 0.352 e. The zero-order chi connectivity index (χ0) is 15.4. The molecule has 1 atom stereocenters. The molecule has 21 heavy (non-hydrogen) atoms. The summed E-state index contributed by atoms with van der Waals surface area (Å²) < 4.78 is 0.948. The molecule has 1 aromatic rings. The number of hydrogen-bond acceptors (Lipinski definition) is 2. The molecule has 0 saturated carbocycles. The Morgan fingerprint density at radius 2 is 2.00 bits per heavy atom. The monoisotopic (exact) mass is 351 g/mol. The van der Waals surface area contributed by atoms with Gasteiger partial charge in [-0.25, -0.2) is 4.79 Å². The number of carbonyl (C=O) groups excluding carboxylic acids is 2. The van der Waals surface area contributed by atoms with Crippen LogP contribution in [0.4, 0.5) is 4.79 Å². The highest BCUT2D eigenvalue weighted by Gasteiger charge is 2.30. The van der Waals surface area contributed by atoms with Crippen molar-refractivity contribution < 1.29 is 9.59 Å². The number of hydrogen-bond donors (Lipinski definition) is 3. The van der Waals surface area contributed by atoms with E-state index in [4.69, 9.17) is 0 Å². The van der Waals surface area contributed by atoms with Crippen molar-refractivity contribution in [2.24, 2.45) is 0 Å². The summed E-state index contributed by atoms with van der Waals surface area (Å²) in [4.78, 5) is 24.1. The fraction of sp³-hybridized carbons (Fsp3) is 0.333. The summed E-state index contributed by atoms with van der Waals surface area (Å²) in [5.74, 6) is -0.158. The van der Waals surface area contributed by atoms with E-state index >= 15 is 0 Å². The zero-order valence-corrected chi connectivity index (χ0v) is 13.6. The standard InChI is InChI=1S/C15H18BrN3O2/c1-3-8-17-14(20)12-9(2)18-15(21)19-13(12)10-4-6-11(16)7-5-10/h4-7,13H,3,8H2,1-2H3,(H,17,20)(H2,18,19,21). The number of carbonyl (C=O) groups is 2. The first-order chi connectivity index (χ1) is 10.0. The Morgan fingerprint density at radius 3 is 2.62 bits per heavy atom. The number of amides is 3. The van der Waals surface area contributed by atoms with Crippen molar-refractivity contribution in [1.29, 1.82) is 0 Å². The third kappa shape index (κ3) is 3.64. The van der Waals surface area contributed by atoms with Crippen LogP contribution in [0.2, 0.25) is 0 Å². The molecular formula is C15H18BrN3O2. The lowest BCUT2D eigenvalue weighted by atomic mass is 9.95. The molecule has 2 rings (SSSR count). The molecule has 0 spiro atoms. The Hall–Kier alpha value is -1.82. The molecular weight excluding hydrogens is 334 g/mol. The van der Waals surface area contributed by atoms with Crippen molar-refractivity contribution in [3.63, 3.8) is 0 Å². The minimum absolute atomic E-state index is 0.158. The second-order valence-electron chi connectivity index (χ2n) is 4.88. The fourth-order valence-electron chi connectivity index (χ4n) is 2.23. The Balaban J connectivity index is 2.35. The molecule has 0 bridgehead atoms. The maximum atomic E-state index is 12.4. The van der Waals surface area contributed by atoms with Gasteiger partial charge >= 0.3 is 6.03 Å². The summed E-state index contributed by atoms with van der Waals surface area (Å²) in [6.45, 7) is 4.34. The Bertz CT molecular complexity index is 581. The van der Waals surface area contributed by atoms with Gasteiger partial charge in [0, 0.05) is 16.7 Å². The molecule has 1 aliphatic rings. The molecule has 6 heteroatoms. The molecule has 1 aromatic carbocycles. The predicted octanol–water partition coefficient (Wildman–Crippen LogP) is 2.60. The number of allylic oxidation sites excluding steroid dienone is 1. The van der Waals surface area contributed by atoms with Crippen LogP contribution in [0.5, 0.6) is 0 Å². The van der Waals surface area contributed by atoms with Crippen LogP contribution in [0.1, 0.15) is 31.9 Å². The van der Waals surface area contributed by atoms with Crippen LogP contribution in [0, 0.1) is 0 Å². The van der Waals surface area contributed by atoms with Crippen LogP contribution < -0.4 is 16.0 Å². The first-order valence-corrected chi connectivity index (χ1v) is 7.64. The lowest BCUT2D eigenvalue weighted by Crippen LogP contribution is -2.47. The van der Waals surface area contributed by atoms with Crippen LogP contribution in [-0.4, -0.2) is 18.5 Å². The molecule has 0 saturated heterocycles. The quantitative estimate of drug-likeness (QED) is 0.780. The first kappa shape index (κ1) is 15.6. The molecule has 1 aliphatic heterocycles. The van der Waals surface area contributed by atoms with E-state index in [9.17, 15) is 9.59 Å². The zero-order valence-electron chi connectivity index (χ0n) is 12.0. The van der Waals surface area contributed by atoms with Gasteiger partial charge in [0.25, 0.3) is 5.91 Å². The van der Waals surface area contributed by atoms with Gasteiger partial charge < -0.3 is 16.0 Å².